The smallest absolute Gasteiger partial charge is 0.0656 e. The number of thioether (sulfide) groups is 1. The number of nitrogens with one attached hydrogen (secondary N) is 1. The maximum Gasteiger partial charge on any atom is 0.0656 e. The molecule has 1 aromatic carbocycles. The zero-order chi connectivity index (χ0) is 13.2. The van der Waals surface area contributed by atoms with Gasteiger partial charge in [-0.3, -0.25) is 0 Å². The van der Waals surface area contributed by atoms with Crippen LogP contribution in [0.3, 0.4) is 0 Å². The molecule has 18 heavy (non-hydrogen) atoms. The summed E-state index contributed by atoms with van der Waals surface area (Å²) in [7, 11) is 0. The van der Waals surface area contributed by atoms with Gasteiger partial charge in [-0.2, -0.15) is 11.8 Å². The summed E-state index contributed by atoms with van der Waals surface area (Å²) in [5.41, 5.74) is 8.71. The quantitative estimate of drug-likeness (QED) is 0.809. The molecule has 0 amide bonds. The van der Waals surface area contributed by atoms with Crippen LogP contribution < -0.4 is 11.1 Å². The van der Waals surface area contributed by atoms with Gasteiger partial charge in [0.2, 0.25) is 0 Å². The first kappa shape index (κ1) is 13.9. The number of benzene rings is 1. The zero-order valence-corrected chi connectivity index (χ0v) is 12.6. The summed E-state index contributed by atoms with van der Waals surface area (Å²) in [5.74, 6) is 0. The molecule has 0 unspecified atom stereocenters. The van der Waals surface area contributed by atoms with Gasteiger partial charge in [-0.15, -0.1) is 0 Å². The summed E-state index contributed by atoms with van der Waals surface area (Å²) in [6.45, 7) is 3.07. The molecule has 0 atom stereocenters. The second kappa shape index (κ2) is 5.62. The number of nitrogen functional groups attached to an aromatic ring is 1. The molecular formula is C14H21ClN2S. The minimum absolute atomic E-state index is 0.403. The fourth-order valence-corrected chi connectivity index (χ4v) is 3.70. The van der Waals surface area contributed by atoms with Gasteiger partial charge in [-0.05, 0) is 43.7 Å². The summed E-state index contributed by atoms with van der Waals surface area (Å²) in [4.78, 5) is 0. The molecular weight excluding hydrogens is 264 g/mol. The summed E-state index contributed by atoms with van der Waals surface area (Å²) >= 11 is 8.07. The second-order valence-electron chi connectivity index (χ2n) is 5.14. The average molecular weight is 285 g/mol. The number of hydrogen-bond acceptors (Lipinski definition) is 3. The van der Waals surface area contributed by atoms with E-state index in [0.717, 1.165) is 17.8 Å². The molecule has 0 aromatic heterocycles. The van der Waals surface area contributed by atoms with Crippen LogP contribution in [0, 0.1) is 6.92 Å². The maximum absolute atomic E-state index is 6.08. The van der Waals surface area contributed by atoms with E-state index in [9.17, 15) is 0 Å². The molecule has 1 aliphatic rings. The van der Waals surface area contributed by atoms with Crippen LogP contribution in [-0.2, 0) is 0 Å². The zero-order valence-electron chi connectivity index (χ0n) is 11.1. The van der Waals surface area contributed by atoms with Crippen molar-refractivity contribution in [1.29, 1.82) is 0 Å². The molecule has 0 heterocycles. The van der Waals surface area contributed by atoms with E-state index in [1.165, 1.54) is 25.7 Å². The Bertz CT molecular complexity index is 428. The van der Waals surface area contributed by atoms with Gasteiger partial charge in [0.15, 0.2) is 0 Å². The lowest BCUT2D eigenvalue weighted by atomic mass is 10.1. The number of anilines is 2. The van der Waals surface area contributed by atoms with E-state index in [4.69, 9.17) is 17.3 Å². The molecule has 1 aliphatic carbocycles. The second-order valence-corrected chi connectivity index (χ2v) is 6.82. The highest BCUT2D eigenvalue weighted by atomic mass is 35.5. The van der Waals surface area contributed by atoms with Crippen LogP contribution in [0.25, 0.3) is 0 Å². The third kappa shape index (κ3) is 2.89. The van der Waals surface area contributed by atoms with Crippen molar-refractivity contribution in [2.45, 2.75) is 37.4 Å². The fraction of sp³-hybridized carbons (Fsp3) is 0.571. The lowest BCUT2D eigenvalue weighted by molar-refractivity contribution is 0.639. The van der Waals surface area contributed by atoms with Gasteiger partial charge in [-0.25, -0.2) is 0 Å². The molecule has 0 aliphatic heterocycles. The molecule has 1 saturated carbocycles. The molecule has 2 nitrogen and oxygen atoms in total. The molecule has 0 radical (unpaired) electrons. The van der Waals surface area contributed by atoms with Gasteiger partial charge in [0.1, 0.15) is 0 Å². The predicted octanol–water partition coefficient (Wildman–Crippen LogP) is 4.32. The Balaban J connectivity index is 2.08. The minimum Gasteiger partial charge on any atom is -0.398 e. The van der Waals surface area contributed by atoms with Gasteiger partial charge in [0.25, 0.3) is 0 Å². The summed E-state index contributed by atoms with van der Waals surface area (Å²) in [5, 5.41) is 4.19. The van der Waals surface area contributed by atoms with Crippen LogP contribution in [0.2, 0.25) is 5.02 Å². The Labute approximate surface area is 119 Å². The highest BCUT2D eigenvalue weighted by Gasteiger charge is 2.32. The van der Waals surface area contributed by atoms with Crippen molar-refractivity contribution in [3.8, 4) is 0 Å². The fourth-order valence-electron chi connectivity index (χ4n) is 2.62. The van der Waals surface area contributed by atoms with Crippen molar-refractivity contribution < 1.29 is 0 Å². The molecule has 0 spiro atoms. The van der Waals surface area contributed by atoms with Crippen molar-refractivity contribution in [3.63, 3.8) is 0 Å². The van der Waals surface area contributed by atoms with Crippen LogP contribution in [0.15, 0.2) is 12.1 Å². The number of nitrogens with two attached hydrogens (primary N) is 1. The Morgan fingerprint density at radius 1 is 1.39 bits per heavy atom. The van der Waals surface area contributed by atoms with Crippen LogP contribution >= 0.6 is 23.4 Å². The van der Waals surface area contributed by atoms with Gasteiger partial charge in [-0.1, -0.05) is 24.4 Å². The van der Waals surface area contributed by atoms with E-state index in [-0.39, 0.29) is 0 Å². The summed E-state index contributed by atoms with van der Waals surface area (Å²) in [6, 6.07) is 3.88. The highest BCUT2D eigenvalue weighted by molar-refractivity contribution is 8.00. The van der Waals surface area contributed by atoms with Gasteiger partial charge < -0.3 is 11.1 Å². The van der Waals surface area contributed by atoms with E-state index in [2.05, 4.69) is 18.5 Å². The van der Waals surface area contributed by atoms with E-state index < -0.39 is 0 Å². The number of halogens is 1. The first-order valence-corrected chi connectivity index (χ1v) is 8.01. The molecule has 100 valence electrons. The van der Waals surface area contributed by atoms with Crippen molar-refractivity contribution in [3.05, 3.63) is 22.7 Å². The average Bonchev–Trinajstić information content (AvgIpc) is 2.82. The van der Waals surface area contributed by atoms with Crippen molar-refractivity contribution >= 4 is 34.7 Å². The number of rotatable bonds is 4. The third-order valence-electron chi connectivity index (χ3n) is 3.89. The van der Waals surface area contributed by atoms with E-state index in [1.807, 2.05) is 23.9 Å². The van der Waals surface area contributed by atoms with E-state index >= 15 is 0 Å². The van der Waals surface area contributed by atoms with Crippen LogP contribution in [-0.4, -0.2) is 17.5 Å². The monoisotopic (exact) mass is 284 g/mol. The first-order valence-electron chi connectivity index (χ1n) is 6.41. The lowest BCUT2D eigenvalue weighted by Crippen LogP contribution is -2.30. The third-order valence-corrected chi connectivity index (χ3v) is 5.64. The molecule has 2 rings (SSSR count). The lowest BCUT2D eigenvalue weighted by Gasteiger charge is -2.28. The van der Waals surface area contributed by atoms with Crippen LogP contribution in [0.4, 0.5) is 11.4 Å². The Morgan fingerprint density at radius 2 is 2.06 bits per heavy atom. The molecule has 4 heteroatoms. The van der Waals surface area contributed by atoms with Gasteiger partial charge in [0, 0.05) is 17.0 Å². The molecule has 1 fully saturated rings. The standard InChI is InChI=1S/C14H21ClN2S/c1-10-7-12(16)11(15)8-13(10)17-9-14(18-2)5-3-4-6-14/h7-8,17H,3-6,9,16H2,1-2H3. The Morgan fingerprint density at radius 3 is 2.67 bits per heavy atom. The maximum atomic E-state index is 6.08. The van der Waals surface area contributed by atoms with Crippen LogP contribution in [0.5, 0.6) is 0 Å². The molecule has 0 saturated heterocycles. The Kier molecular flexibility index (Phi) is 4.33. The minimum atomic E-state index is 0.403. The van der Waals surface area contributed by atoms with Crippen LogP contribution in [0.1, 0.15) is 31.2 Å². The van der Waals surface area contributed by atoms with Crippen molar-refractivity contribution in [2.24, 2.45) is 0 Å². The van der Waals surface area contributed by atoms with Crippen molar-refractivity contribution in [1.82, 2.24) is 0 Å². The van der Waals surface area contributed by atoms with Gasteiger partial charge >= 0.3 is 0 Å². The summed E-state index contributed by atoms with van der Waals surface area (Å²) in [6.07, 6.45) is 7.54. The normalized spacial score (nSPS) is 17.9. The van der Waals surface area contributed by atoms with Gasteiger partial charge in [0.05, 0.1) is 10.7 Å². The SMILES string of the molecule is CSC1(CNc2cc(Cl)c(N)cc2C)CCCC1. The number of aryl methyl sites for hydroxylation is 1. The molecule has 0 bridgehead atoms. The predicted molar refractivity (Wildman–Crippen MR) is 83.8 cm³/mol. The first-order chi connectivity index (χ1) is 8.56. The van der Waals surface area contributed by atoms with Crippen molar-refractivity contribution in [2.75, 3.05) is 23.9 Å². The van der Waals surface area contributed by atoms with E-state index in [0.29, 0.717) is 15.5 Å². The Hall–Kier alpha value is -0.540. The number of hydrogen-bond donors (Lipinski definition) is 2. The summed E-state index contributed by atoms with van der Waals surface area (Å²) < 4.78 is 0.403. The van der Waals surface area contributed by atoms with E-state index in [1.54, 1.807) is 0 Å². The highest BCUT2D eigenvalue weighted by Crippen LogP contribution is 2.40. The largest absolute Gasteiger partial charge is 0.398 e. The molecule has 1 aromatic rings. The topological polar surface area (TPSA) is 38.0 Å². The molecule has 3 N–H and O–H groups in total.